The molecule has 0 saturated heterocycles. The van der Waals surface area contributed by atoms with Crippen molar-refractivity contribution in [2.24, 2.45) is 5.92 Å². The lowest BCUT2D eigenvalue weighted by atomic mass is 9.80. The molecule has 102 valence electrons. The van der Waals surface area contributed by atoms with E-state index in [4.69, 9.17) is 5.11 Å². The number of rotatable bonds is 5. The summed E-state index contributed by atoms with van der Waals surface area (Å²) < 4.78 is 0. The van der Waals surface area contributed by atoms with Crippen molar-refractivity contribution in [2.45, 2.75) is 38.6 Å². The molecule has 1 amide bonds. The molecule has 1 aromatic rings. The van der Waals surface area contributed by atoms with E-state index < -0.39 is 5.97 Å². The van der Waals surface area contributed by atoms with E-state index in [0.717, 1.165) is 12.0 Å². The molecule has 1 aliphatic carbocycles. The fraction of sp³-hybridized carbons (Fsp3) is 0.467. The van der Waals surface area contributed by atoms with Gasteiger partial charge in [-0.05, 0) is 30.4 Å². The number of benzene rings is 1. The molecular formula is C15H19NO3. The Bertz CT molecular complexity index is 461. The molecule has 4 heteroatoms. The molecule has 2 N–H and O–H groups in total. The SMILES string of the molecule is CCc1ccc(CC(=O)NC2CC(C(=O)O)C2)cc1. The second-order valence-electron chi connectivity index (χ2n) is 5.12. The quantitative estimate of drug-likeness (QED) is 0.849. The summed E-state index contributed by atoms with van der Waals surface area (Å²) in [5, 5.41) is 11.6. The molecule has 4 nitrogen and oxygen atoms in total. The number of nitrogens with one attached hydrogen (secondary N) is 1. The zero-order chi connectivity index (χ0) is 13.8. The molecule has 0 aromatic heterocycles. The molecule has 19 heavy (non-hydrogen) atoms. The van der Waals surface area contributed by atoms with Crippen molar-refractivity contribution < 1.29 is 14.7 Å². The molecule has 1 saturated carbocycles. The minimum atomic E-state index is -0.763. The predicted molar refractivity (Wildman–Crippen MR) is 71.8 cm³/mol. The number of amides is 1. The summed E-state index contributed by atoms with van der Waals surface area (Å²) in [6.07, 6.45) is 2.45. The smallest absolute Gasteiger partial charge is 0.306 e. The van der Waals surface area contributed by atoms with Gasteiger partial charge in [-0.1, -0.05) is 31.2 Å². The van der Waals surface area contributed by atoms with Crippen molar-refractivity contribution in [1.29, 1.82) is 0 Å². The van der Waals surface area contributed by atoms with Crippen LogP contribution < -0.4 is 5.32 Å². The van der Waals surface area contributed by atoms with Gasteiger partial charge in [0.2, 0.25) is 5.91 Å². The molecule has 0 bridgehead atoms. The number of carbonyl (C=O) groups is 2. The van der Waals surface area contributed by atoms with Crippen LogP contribution in [0.25, 0.3) is 0 Å². The van der Waals surface area contributed by atoms with Crippen LogP contribution in [0.4, 0.5) is 0 Å². The fourth-order valence-corrected chi connectivity index (χ4v) is 2.29. The molecule has 1 aromatic carbocycles. The first-order valence-corrected chi connectivity index (χ1v) is 6.68. The van der Waals surface area contributed by atoms with Crippen LogP contribution in [0.2, 0.25) is 0 Å². The lowest BCUT2D eigenvalue weighted by molar-refractivity contribution is -0.146. The highest BCUT2D eigenvalue weighted by atomic mass is 16.4. The van der Waals surface area contributed by atoms with Crippen molar-refractivity contribution in [3.63, 3.8) is 0 Å². The predicted octanol–water partition coefficient (Wildman–Crippen LogP) is 1.77. The van der Waals surface area contributed by atoms with Crippen LogP contribution >= 0.6 is 0 Å². The first kappa shape index (κ1) is 13.6. The van der Waals surface area contributed by atoms with Gasteiger partial charge in [0, 0.05) is 6.04 Å². The van der Waals surface area contributed by atoms with Crippen LogP contribution in [0.1, 0.15) is 30.9 Å². The van der Waals surface area contributed by atoms with Gasteiger partial charge in [-0.3, -0.25) is 9.59 Å². The van der Waals surface area contributed by atoms with Crippen molar-refractivity contribution >= 4 is 11.9 Å². The van der Waals surface area contributed by atoms with E-state index in [9.17, 15) is 9.59 Å². The second-order valence-corrected chi connectivity index (χ2v) is 5.12. The number of aliphatic carboxylic acids is 1. The van der Waals surface area contributed by atoms with Crippen LogP contribution in [0.5, 0.6) is 0 Å². The van der Waals surface area contributed by atoms with Gasteiger partial charge in [0.25, 0.3) is 0 Å². The third kappa shape index (κ3) is 3.56. The largest absolute Gasteiger partial charge is 0.481 e. The molecule has 0 unspecified atom stereocenters. The van der Waals surface area contributed by atoms with Crippen molar-refractivity contribution in [2.75, 3.05) is 0 Å². The number of hydrogen-bond donors (Lipinski definition) is 2. The van der Waals surface area contributed by atoms with E-state index >= 15 is 0 Å². The van der Waals surface area contributed by atoms with Crippen LogP contribution in [0.3, 0.4) is 0 Å². The number of aryl methyl sites for hydroxylation is 1. The summed E-state index contributed by atoms with van der Waals surface area (Å²) in [4.78, 5) is 22.4. The lowest BCUT2D eigenvalue weighted by Crippen LogP contribution is -2.47. The van der Waals surface area contributed by atoms with E-state index in [2.05, 4.69) is 12.2 Å². The van der Waals surface area contributed by atoms with E-state index in [1.165, 1.54) is 5.56 Å². The van der Waals surface area contributed by atoms with Crippen molar-refractivity contribution in [3.8, 4) is 0 Å². The van der Waals surface area contributed by atoms with Crippen LogP contribution in [-0.2, 0) is 22.4 Å². The van der Waals surface area contributed by atoms with E-state index in [1.54, 1.807) is 0 Å². The Labute approximate surface area is 112 Å². The molecule has 0 aliphatic heterocycles. The summed E-state index contributed by atoms with van der Waals surface area (Å²) in [5.74, 6) is -1.08. The third-order valence-electron chi connectivity index (χ3n) is 3.65. The minimum Gasteiger partial charge on any atom is -0.481 e. The first-order valence-electron chi connectivity index (χ1n) is 6.68. The summed E-state index contributed by atoms with van der Waals surface area (Å²) in [6.45, 7) is 2.09. The Morgan fingerprint density at radius 1 is 1.21 bits per heavy atom. The topological polar surface area (TPSA) is 66.4 Å². The average molecular weight is 261 g/mol. The van der Waals surface area contributed by atoms with Crippen LogP contribution in [-0.4, -0.2) is 23.0 Å². The Morgan fingerprint density at radius 2 is 1.79 bits per heavy atom. The second kappa shape index (κ2) is 5.87. The van der Waals surface area contributed by atoms with Crippen LogP contribution in [0.15, 0.2) is 24.3 Å². The van der Waals surface area contributed by atoms with Gasteiger partial charge in [-0.2, -0.15) is 0 Å². The maximum atomic E-state index is 11.8. The number of carboxylic acid groups (broad SMARTS) is 1. The first-order chi connectivity index (χ1) is 9.08. The molecule has 0 atom stereocenters. The van der Waals surface area contributed by atoms with Gasteiger partial charge in [0.15, 0.2) is 0 Å². The lowest BCUT2D eigenvalue weighted by Gasteiger charge is -2.32. The summed E-state index contributed by atoms with van der Waals surface area (Å²) >= 11 is 0. The monoisotopic (exact) mass is 261 g/mol. The number of hydrogen-bond acceptors (Lipinski definition) is 2. The average Bonchev–Trinajstić information content (AvgIpc) is 2.33. The number of carboxylic acids is 1. The Kier molecular flexibility index (Phi) is 4.20. The minimum absolute atomic E-state index is 0.0295. The zero-order valence-corrected chi connectivity index (χ0v) is 11.1. The highest BCUT2D eigenvalue weighted by molar-refractivity contribution is 5.79. The van der Waals surface area contributed by atoms with Crippen molar-refractivity contribution in [1.82, 2.24) is 5.32 Å². The standard InChI is InChI=1S/C15H19NO3/c1-2-10-3-5-11(6-4-10)7-14(17)16-13-8-12(9-13)15(18)19/h3-6,12-13H,2,7-9H2,1H3,(H,16,17)(H,18,19). The summed E-state index contributed by atoms with van der Waals surface area (Å²) in [7, 11) is 0. The zero-order valence-electron chi connectivity index (χ0n) is 11.1. The molecule has 0 radical (unpaired) electrons. The van der Waals surface area contributed by atoms with Crippen LogP contribution in [0, 0.1) is 5.92 Å². The Morgan fingerprint density at radius 3 is 2.32 bits per heavy atom. The van der Waals surface area contributed by atoms with Gasteiger partial charge in [0.1, 0.15) is 0 Å². The van der Waals surface area contributed by atoms with Crippen molar-refractivity contribution in [3.05, 3.63) is 35.4 Å². The highest BCUT2D eigenvalue weighted by Crippen LogP contribution is 2.27. The normalized spacial score (nSPS) is 21.5. The van der Waals surface area contributed by atoms with Gasteiger partial charge in [-0.15, -0.1) is 0 Å². The molecule has 1 aliphatic rings. The molecule has 0 spiro atoms. The van der Waals surface area contributed by atoms with Gasteiger partial charge in [-0.25, -0.2) is 0 Å². The Hall–Kier alpha value is -1.84. The van der Waals surface area contributed by atoms with E-state index in [1.807, 2.05) is 24.3 Å². The molecule has 1 fully saturated rings. The van der Waals surface area contributed by atoms with E-state index in [0.29, 0.717) is 19.3 Å². The number of carbonyl (C=O) groups excluding carboxylic acids is 1. The Balaban J connectivity index is 1.77. The maximum absolute atomic E-state index is 11.8. The molecular weight excluding hydrogens is 242 g/mol. The summed E-state index contributed by atoms with van der Waals surface area (Å²) in [6, 6.07) is 8.04. The summed E-state index contributed by atoms with van der Waals surface area (Å²) in [5.41, 5.74) is 2.25. The third-order valence-corrected chi connectivity index (χ3v) is 3.65. The molecule has 2 rings (SSSR count). The van der Waals surface area contributed by atoms with Gasteiger partial charge in [0.05, 0.1) is 12.3 Å². The van der Waals surface area contributed by atoms with E-state index in [-0.39, 0.29) is 17.9 Å². The highest BCUT2D eigenvalue weighted by Gasteiger charge is 2.35. The van der Waals surface area contributed by atoms with Gasteiger partial charge >= 0.3 is 5.97 Å². The van der Waals surface area contributed by atoms with Gasteiger partial charge < -0.3 is 10.4 Å². The molecule has 0 heterocycles. The fourth-order valence-electron chi connectivity index (χ4n) is 2.29. The maximum Gasteiger partial charge on any atom is 0.306 e.